The number of halogens is 1. The highest BCUT2D eigenvalue weighted by molar-refractivity contribution is 14.1. The fourth-order valence-corrected chi connectivity index (χ4v) is 1.89. The number of hydrogen-bond donors (Lipinski definition) is 2. The number of carbonyl (C=O) groups excluding carboxylic acids is 1. The summed E-state index contributed by atoms with van der Waals surface area (Å²) in [5.74, 6) is -0.889. The summed E-state index contributed by atoms with van der Waals surface area (Å²) in [6.45, 7) is 0. The van der Waals surface area contributed by atoms with Gasteiger partial charge in [-0.05, 0) is 53.6 Å². The van der Waals surface area contributed by atoms with Crippen LogP contribution in [-0.2, 0) is 9.59 Å². The lowest BCUT2D eigenvalue weighted by Crippen LogP contribution is -2.11. The Morgan fingerprint density at radius 3 is 2.59 bits per heavy atom. The molecule has 92 valence electrons. The van der Waals surface area contributed by atoms with E-state index in [2.05, 4.69) is 27.9 Å². The lowest BCUT2D eigenvalue weighted by molar-refractivity contribution is -0.137. The van der Waals surface area contributed by atoms with Crippen LogP contribution in [0, 0.1) is 3.57 Å². The van der Waals surface area contributed by atoms with E-state index in [-0.39, 0.29) is 12.3 Å². The molecule has 0 radical (unpaired) electrons. The van der Waals surface area contributed by atoms with Gasteiger partial charge >= 0.3 is 5.97 Å². The van der Waals surface area contributed by atoms with Gasteiger partial charge in [0.25, 0.3) is 0 Å². The minimum absolute atomic E-state index is 0.0719. The molecular weight excluding hydrogens is 333 g/mol. The molecule has 0 spiro atoms. The molecule has 0 aliphatic rings. The van der Waals surface area contributed by atoms with E-state index >= 15 is 0 Å². The van der Waals surface area contributed by atoms with Crippen LogP contribution >= 0.6 is 22.6 Å². The SMILES string of the molecule is O=C(O)CCCCC(=O)Nc1cccc(I)c1. The Labute approximate surface area is 114 Å². The van der Waals surface area contributed by atoms with E-state index in [0.717, 1.165) is 9.26 Å². The van der Waals surface area contributed by atoms with Gasteiger partial charge in [0.05, 0.1) is 0 Å². The van der Waals surface area contributed by atoms with Crippen LogP contribution in [0.4, 0.5) is 5.69 Å². The first-order chi connectivity index (χ1) is 8.08. The molecule has 17 heavy (non-hydrogen) atoms. The lowest BCUT2D eigenvalue weighted by atomic mass is 10.2. The molecule has 5 heteroatoms. The molecule has 0 saturated heterocycles. The zero-order chi connectivity index (χ0) is 12.7. The van der Waals surface area contributed by atoms with Gasteiger partial charge in [-0.1, -0.05) is 6.07 Å². The molecule has 0 unspecified atom stereocenters. The number of benzene rings is 1. The highest BCUT2D eigenvalue weighted by Crippen LogP contribution is 2.13. The second kappa shape index (κ2) is 7.26. The van der Waals surface area contributed by atoms with Crippen molar-refractivity contribution in [2.75, 3.05) is 5.32 Å². The molecule has 0 bridgehead atoms. The highest BCUT2D eigenvalue weighted by atomic mass is 127. The predicted molar refractivity (Wildman–Crippen MR) is 73.9 cm³/mol. The molecule has 0 atom stereocenters. The fourth-order valence-electron chi connectivity index (χ4n) is 1.35. The minimum Gasteiger partial charge on any atom is -0.481 e. The van der Waals surface area contributed by atoms with Crippen molar-refractivity contribution in [2.24, 2.45) is 0 Å². The van der Waals surface area contributed by atoms with Crippen LogP contribution in [0.5, 0.6) is 0 Å². The van der Waals surface area contributed by atoms with Gasteiger partial charge in [-0.15, -0.1) is 0 Å². The van der Waals surface area contributed by atoms with Crippen molar-refractivity contribution >= 4 is 40.2 Å². The molecule has 2 N–H and O–H groups in total. The molecule has 0 aliphatic heterocycles. The van der Waals surface area contributed by atoms with E-state index in [0.29, 0.717) is 19.3 Å². The summed E-state index contributed by atoms with van der Waals surface area (Å²) >= 11 is 2.18. The lowest BCUT2D eigenvalue weighted by Gasteiger charge is -2.05. The Morgan fingerprint density at radius 1 is 1.24 bits per heavy atom. The van der Waals surface area contributed by atoms with Crippen molar-refractivity contribution in [2.45, 2.75) is 25.7 Å². The topological polar surface area (TPSA) is 66.4 Å². The maximum absolute atomic E-state index is 11.5. The summed E-state index contributed by atoms with van der Waals surface area (Å²) in [5, 5.41) is 11.2. The van der Waals surface area contributed by atoms with Gasteiger partial charge in [-0.25, -0.2) is 0 Å². The van der Waals surface area contributed by atoms with Gasteiger partial charge in [0.2, 0.25) is 5.91 Å². The van der Waals surface area contributed by atoms with Gasteiger partial charge in [0.15, 0.2) is 0 Å². The van der Waals surface area contributed by atoms with E-state index in [1.165, 1.54) is 0 Å². The summed E-state index contributed by atoms with van der Waals surface area (Å²) in [6, 6.07) is 7.54. The molecule has 1 aromatic rings. The van der Waals surface area contributed by atoms with Gasteiger partial charge < -0.3 is 10.4 Å². The zero-order valence-electron chi connectivity index (χ0n) is 9.28. The van der Waals surface area contributed by atoms with Gasteiger partial charge in [-0.3, -0.25) is 9.59 Å². The summed E-state index contributed by atoms with van der Waals surface area (Å²) < 4.78 is 1.06. The number of anilines is 1. The van der Waals surface area contributed by atoms with E-state index in [1.54, 1.807) is 0 Å². The number of amides is 1. The molecule has 1 aromatic carbocycles. The van der Waals surface area contributed by atoms with E-state index in [9.17, 15) is 9.59 Å². The first-order valence-corrected chi connectivity index (χ1v) is 6.43. The summed E-state index contributed by atoms with van der Waals surface area (Å²) in [6.07, 6.45) is 1.62. The van der Waals surface area contributed by atoms with Crippen molar-refractivity contribution < 1.29 is 14.7 Å². The molecule has 0 fully saturated rings. The minimum atomic E-state index is -0.817. The number of unbranched alkanes of at least 4 members (excludes halogenated alkanes) is 1. The van der Waals surface area contributed by atoms with Crippen molar-refractivity contribution in [3.05, 3.63) is 27.8 Å². The van der Waals surface area contributed by atoms with Crippen LogP contribution in [0.3, 0.4) is 0 Å². The fraction of sp³-hybridized carbons (Fsp3) is 0.333. The average Bonchev–Trinajstić information content (AvgIpc) is 2.24. The van der Waals surface area contributed by atoms with Crippen LogP contribution in [0.25, 0.3) is 0 Å². The average molecular weight is 347 g/mol. The van der Waals surface area contributed by atoms with Crippen LogP contribution < -0.4 is 5.32 Å². The largest absolute Gasteiger partial charge is 0.481 e. The van der Waals surface area contributed by atoms with Crippen LogP contribution in [0.1, 0.15) is 25.7 Å². The van der Waals surface area contributed by atoms with Gasteiger partial charge in [0, 0.05) is 22.1 Å². The number of carbonyl (C=O) groups is 2. The molecule has 4 nitrogen and oxygen atoms in total. The Kier molecular flexibility index (Phi) is 5.96. The standard InChI is InChI=1S/C12H14INO3/c13-9-4-3-5-10(8-9)14-11(15)6-1-2-7-12(16)17/h3-5,8H,1-2,6-7H2,(H,14,15)(H,16,17). The monoisotopic (exact) mass is 347 g/mol. The maximum Gasteiger partial charge on any atom is 0.303 e. The Morgan fingerprint density at radius 2 is 1.94 bits per heavy atom. The number of carboxylic acids is 1. The molecule has 0 heterocycles. The van der Waals surface area contributed by atoms with Gasteiger partial charge in [-0.2, -0.15) is 0 Å². The molecule has 0 saturated carbocycles. The molecule has 1 amide bonds. The van der Waals surface area contributed by atoms with Crippen LogP contribution in [-0.4, -0.2) is 17.0 Å². The molecule has 1 rings (SSSR count). The zero-order valence-corrected chi connectivity index (χ0v) is 11.4. The quantitative estimate of drug-likeness (QED) is 0.614. The number of nitrogens with one attached hydrogen (secondary N) is 1. The summed E-state index contributed by atoms with van der Waals surface area (Å²) in [5.41, 5.74) is 0.778. The third-order valence-electron chi connectivity index (χ3n) is 2.15. The first kappa shape index (κ1) is 14.0. The second-order valence-corrected chi connectivity index (χ2v) is 4.91. The number of hydrogen-bond acceptors (Lipinski definition) is 2. The third-order valence-corrected chi connectivity index (χ3v) is 2.82. The third kappa shape index (κ3) is 6.25. The normalized spacial score (nSPS) is 9.94. The van der Waals surface area contributed by atoms with Crippen LogP contribution in [0.15, 0.2) is 24.3 Å². The number of aliphatic carboxylic acids is 1. The molecule has 0 aliphatic carbocycles. The van der Waals surface area contributed by atoms with Crippen molar-refractivity contribution in [1.82, 2.24) is 0 Å². The Hall–Kier alpha value is -1.11. The van der Waals surface area contributed by atoms with E-state index < -0.39 is 5.97 Å². The first-order valence-electron chi connectivity index (χ1n) is 5.35. The Balaban J connectivity index is 2.27. The number of carboxylic acid groups (broad SMARTS) is 1. The Bertz CT molecular complexity index is 406. The maximum atomic E-state index is 11.5. The van der Waals surface area contributed by atoms with Crippen molar-refractivity contribution in [1.29, 1.82) is 0 Å². The van der Waals surface area contributed by atoms with Crippen LogP contribution in [0.2, 0.25) is 0 Å². The number of rotatable bonds is 6. The van der Waals surface area contributed by atoms with Crippen molar-refractivity contribution in [3.63, 3.8) is 0 Å². The van der Waals surface area contributed by atoms with E-state index in [1.807, 2.05) is 24.3 Å². The van der Waals surface area contributed by atoms with Gasteiger partial charge in [0.1, 0.15) is 0 Å². The smallest absolute Gasteiger partial charge is 0.303 e. The van der Waals surface area contributed by atoms with E-state index in [4.69, 9.17) is 5.11 Å². The molecule has 0 aromatic heterocycles. The summed E-state index contributed by atoms with van der Waals surface area (Å²) in [4.78, 5) is 21.8. The molecular formula is C12H14INO3. The predicted octanol–water partition coefficient (Wildman–Crippen LogP) is 2.87. The summed E-state index contributed by atoms with van der Waals surface area (Å²) in [7, 11) is 0. The highest BCUT2D eigenvalue weighted by Gasteiger charge is 2.03. The second-order valence-electron chi connectivity index (χ2n) is 3.66. The van der Waals surface area contributed by atoms with Crippen molar-refractivity contribution in [3.8, 4) is 0 Å².